The van der Waals surface area contributed by atoms with Crippen LogP contribution < -0.4 is 15.4 Å². The van der Waals surface area contributed by atoms with Crippen LogP contribution in [0.4, 0.5) is 0 Å². The lowest BCUT2D eigenvalue weighted by atomic mass is 9.88. The van der Waals surface area contributed by atoms with E-state index < -0.39 is 30.5 Å². The Bertz CT molecular complexity index is 724. The van der Waals surface area contributed by atoms with E-state index in [-0.39, 0.29) is 6.61 Å². The monoisotopic (exact) mass is 428 g/mol. The summed E-state index contributed by atoms with van der Waals surface area (Å²) in [6, 6.07) is 4.47. The van der Waals surface area contributed by atoms with Crippen LogP contribution in [-0.2, 0) is 14.3 Å². The Balaban J connectivity index is 2.45. The van der Waals surface area contributed by atoms with Crippen molar-refractivity contribution in [1.29, 1.82) is 0 Å². The van der Waals surface area contributed by atoms with Gasteiger partial charge < -0.3 is 25.2 Å². The molecule has 134 valence electrons. The molecule has 7 nitrogen and oxygen atoms in total. The normalized spacial score (nSPS) is 19.6. The maximum absolute atomic E-state index is 12.4. The number of nitrogens with one attached hydrogen (secondary N) is 2. The van der Waals surface area contributed by atoms with Gasteiger partial charge in [-0.25, -0.2) is 4.79 Å². The van der Waals surface area contributed by atoms with Crippen LogP contribution in [0.1, 0.15) is 18.5 Å². The molecule has 0 bridgehead atoms. The molecule has 0 saturated carbocycles. The van der Waals surface area contributed by atoms with Gasteiger partial charge in [0.25, 0.3) is 0 Å². The van der Waals surface area contributed by atoms with Crippen LogP contribution in [0.2, 0.25) is 0 Å². The minimum Gasteiger partial charge on any atom is -0.482 e. The van der Waals surface area contributed by atoms with Gasteiger partial charge in [0, 0.05) is 15.7 Å². The fraction of sp³-hybridized carbons (Fsp3) is 0.312. The maximum Gasteiger partial charge on any atom is 0.341 e. The standard InChI is InChI=1S/C16H17BrN2O5S/c1-3-23-15(22)13-8(2)18-16(25)19-14(13)10-6-9(17)4-5-11(10)24-7-12(20)21/h4-6,13-14H,2-3,7H2,1H3,(H,20,21)(H2,18,19,25)/t13-,14+/m1/s1. The van der Waals surface area contributed by atoms with Crippen LogP contribution in [0, 0.1) is 5.92 Å². The van der Waals surface area contributed by atoms with E-state index >= 15 is 0 Å². The van der Waals surface area contributed by atoms with Crippen LogP contribution in [-0.4, -0.2) is 35.4 Å². The second kappa shape index (κ2) is 8.30. The number of ether oxygens (including phenoxy) is 2. The molecule has 0 aromatic heterocycles. The molecule has 1 fully saturated rings. The van der Waals surface area contributed by atoms with E-state index in [1.54, 1.807) is 25.1 Å². The maximum atomic E-state index is 12.4. The third-order valence-corrected chi connectivity index (χ3v) is 4.18. The number of carboxylic acid groups (broad SMARTS) is 1. The zero-order valence-electron chi connectivity index (χ0n) is 13.4. The lowest BCUT2D eigenvalue weighted by molar-refractivity contribution is -0.148. The SMILES string of the molecule is C=C1NC(=S)N[C@@H](c2cc(Br)ccc2OCC(=O)O)[C@@H]1C(=O)OCC. The molecule has 1 aliphatic rings. The number of halogens is 1. The van der Waals surface area contributed by atoms with Crippen LogP contribution in [0.25, 0.3) is 0 Å². The topological polar surface area (TPSA) is 96.9 Å². The van der Waals surface area contributed by atoms with Crippen molar-refractivity contribution in [3.05, 3.63) is 40.5 Å². The first kappa shape index (κ1) is 19.2. The number of hydrogen-bond donors (Lipinski definition) is 3. The Labute approximate surface area is 158 Å². The quantitative estimate of drug-likeness (QED) is 0.468. The summed E-state index contributed by atoms with van der Waals surface area (Å²) in [5, 5.41) is 15.0. The van der Waals surface area contributed by atoms with Crippen molar-refractivity contribution in [2.24, 2.45) is 5.92 Å². The first-order valence-electron chi connectivity index (χ1n) is 7.40. The van der Waals surface area contributed by atoms with E-state index in [0.29, 0.717) is 22.1 Å². The molecular formula is C16H17BrN2O5S. The summed E-state index contributed by atoms with van der Waals surface area (Å²) in [4.78, 5) is 23.2. The minimum atomic E-state index is -1.10. The molecule has 1 aliphatic heterocycles. The zero-order valence-corrected chi connectivity index (χ0v) is 15.8. The average molecular weight is 429 g/mol. The summed E-state index contributed by atoms with van der Waals surface area (Å²) in [6.07, 6.45) is 0. The van der Waals surface area contributed by atoms with Crippen molar-refractivity contribution < 1.29 is 24.2 Å². The summed E-state index contributed by atoms with van der Waals surface area (Å²) >= 11 is 8.54. The second-order valence-corrected chi connectivity index (χ2v) is 6.52. The molecule has 2 atom stereocenters. The Kier molecular flexibility index (Phi) is 6.38. The van der Waals surface area contributed by atoms with Gasteiger partial charge >= 0.3 is 11.9 Å². The number of carbonyl (C=O) groups is 2. The number of carbonyl (C=O) groups excluding carboxylic acids is 1. The largest absolute Gasteiger partial charge is 0.482 e. The van der Waals surface area contributed by atoms with Gasteiger partial charge in [0.15, 0.2) is 11.7 Å². The Morgan fingerprint density at radius 3 is 2.80 bits per heavy atom. The van der Waals surface area contributed by atoms with Crippen molar-refractivity contribution in [2.75, 3.05) is 13.2 Å². The summed E-state index contributed by atoms with van der Waals surface area (Å²) < 4.78 is 11.2. The van der Waals surface area contributed by atoms with Gasteiger partial charge in [0.05, 0.1) is 12.6 Å². The van der Waals surface area contributed by atoms with Crippen molar-refractivity contribution in [1.82, 2.24) is 10.6 Å². The number of esters is 1. The number of hydrogen-bond acceptors (Lipinski definition) is 5. The average Bonchev–Trinajstić information content (AvgIpc) is 2.52. The van der Waals surface area contributed by atoms with Gasteiger partial charge in [0.2, 0.25) is 0 Å². The predicted molar refractivity (Wildman–Crippen MR) is 98.1 cm³/mol. The minimum absolute atomic E-state index is 0.223. The molecule has 1 saturated heterocycles. The molecule has 0 spiro atoms. The molecule has 1 aromatic rings. The Morgan fingerprint density at radius 2 is 2.16 bits per heavy atom. The molecule has 3 N–H and O–H groups in total. The molecule has 1 aromatic carbocycles. The van der Waals surface area contributed by atoms with Crippen LogP contribution in [0.5, 0.6) is 5.75 Å². The molecule has 9 heteroatoms. The van der Waals surface area contributed by atoms with Crippen molar-refractivity contribution in [3.8, 4) is 5.75 Å². The lowest BCUT2D eigenvalue weighted by Crippen LogP contribution is -2.51. The first-order valence-corrected chi connectivity index (χ1v) is 8.60. The van der Waals surface area contributed by atoms with Crippen LogP contribution in [0.15, 0.2) is 34.9 Å². The molecule has 0 radical (unpaired) electrons. The first-order chi connectivity index (χ1) is 11.8. The highest BCUT2D eigenvalue weighted by atomic mass is 79.9. The summed E-state index contributed by atoms with van der Waals surface area (Å²) in [7, 11) is 0. The van der Waals surface area contributed by atoms with E-state index in [4.69, 9.17) is 26.8 Å². The van der Waals surface area contributed by atoms with E-state index in [9.17, 15) is 9.59 Å². The van der Waals surface area contributed by atoms with Gasteiger partial charge in [0.1, 0.15) is 11.7 Å². The molecule has 25 heavy (non-hydrogen) atoms. The van der Waals surface area contributed by atoms with E-state index in [1.807, 2.05) is 0 Å². The van der Waals surface area contributed by atoms with Gasteiger partial charge in [-0.05, 0) is 37.3 Å². The smallest absolute Gasteiger partial charge is 0.341 e. The summed E-state index contributed by atoms with van der Waals surface area (Å²) in [5.41, 5.74) is 0.968. The molecule has 0 amide bonds. The van der Waals surface area contributed by atoms with E-state index in [0.717, 1.165) is 4.47 Å². The van der Waals surface area contributed by atoms with Crippen molar-refractivity contribution in [2.45, 2.75) is 13.0 Å². The molecular weight excluding hydrogens is 412 g/mol. The number of rotatable bonds is 6. The number of aliphatic carboxylic acids is 1. The number of benzene rings is 1. The van der Waals surface area contributed by atoms with Gasteiger partial charge in [-0.1, -0.05) is 22.5 Å². The highest BCUT2D eigenvalue weighted by molar-refractivity contribution is 9.10. The van der Waals surface area contributed by atoms with E-state index in [2.05, 4.69) is 33.1 Å². The van der Waals surface area contributed by atoms with Gasteiger partial charge in [-0.15, -0.1) is 0 Å². The highest BCUT2D eigenvalue weighted by Gasteiger charge is 2.39. The zero-order chi connectivity index (χ0) is 18.6. The van der Waals surface area contributed by atoms with Crippen LogP contribution >= 0.6 is 28.1 Å². The Hall–Kier alpha value is -2.13. The summed E-state index contributed by atoms with van der Waals surface area (Å²) in [5.74, 6) is -2.00. The molecule has 0 aliphatic carbocycles. The Morgan fingerprint density at radius 1 is 1.44 bits per heavy atom. The molecule has 1 heterocycles. The highest BCUT2D eigenvalue weighted by Crippen LogP contribution is 2.37. The number of thiocarbonyl (C=S) groups is 1. The van der Waals surface area contributed by atoms with Crippen molar-refractivity contribution in [3.63, 3.8) is 0 Å². The third kappa shape index (κ3) is 4.70. The third-order valence-electron chi connectivity index (χ3n) is 3.47. The van der Waals surface area contributed by atoms with E-state index in [1.165, 1.54) is 0 Å². The molecule has 2 rings (SSSR count). The fourth-order valence-corrected chi connectivity index (χ4v) is 3.12. The number of carboxylic acids is 1. The lowest BCUT2D eigenvalue weighted by Gasteiger charge is -2.35. The predicted octanol–water partition coefficient (Wildman–Crippen LogP) is 2.12. The van der Waals surface area contributed by atoms with Gasteiger partial charge in [-0.2, -0.15) is 0 Å². The summed E-state index contributed by atoms with van der Waals surface area (Å²) in [6.45, 7) is 5.30. The van der Waals surface area contributed by atoms with Crippen molar-refractivity contribution >= 4 is 45.2 Å². The van der Waals surface area contributed by atoms with Gasteiger partial charge in [-0.3, -0.25) is 4.79 Å². The second-order valence-electron chi connectivity index (χ2n) is 5.20. The molecule has 0 unspecified atom stereocenters. The fourth-order valence-electron chi connectivity index (χ4n) is 2.49. The van der Waals surface area contributed by atoms with Crippen LogP contribution in [0.3, 0.4) is 0 Å².